The Morgan fingerprint density at radius 1 is 1.47 bits per heavy atom. The molecule has 6 heteroatoms. The molecule has 0 amide bonds. The largest absolute Gasteiger partial charge is 0.398 e. The van der Waals surface area contributed by atoms with E-state index >= 15 is 0 Å². The maximum absolute atomic E-state index is 11.8. The Morgan fingerprint density at radius 3 is 2.71 bits per heavy atom. The van der Waals surface area contributed by atoms with Crippen LogP contribution in [0.25, 0.3) is 0 Å². The monoisotopic (exact) mass is 318 g/mol. The molecule has 0 radical (unpaired) electrons. The number of halogens is 1. The Balaban J connectivity index is 2.20. The molecule has 4 nitrogen and oxygen atoms in total. The van der Waals surface area contributed by atoms with Crippen LogP contribution in [0.4, 0.5) is 11.4 Å². The van der Waals surface area contributed by atoms with Crippen molar-refractivity contribution in [1.29, 1.82) is 0 Å². The molecule has 1 saturated carbocycles. The molecule has 1 aliphatic carbocycles. The topological polar surface area (TPSA) is 72.2 Å². The molecular weight excluding hydrogens is 304 g/mol. The lowest BCUT2D eigenvalue weighted by molar-refractivity contribution is 0.597. The molecule has 0 aromatic heterocycles. The summed E-state index contributed by atoms with van der Waals surface area (Å²) < 4.78 is 26.9. The quantitative estimate of drug-likeness (QED) is 0.838. The zero-order valence-electron chi connectivity index (χ0n) is 9.53. The Kier molecular flexibility index (Phi) is 3.36. The second-order valence-corrected chi connectivity index (χ2v) is 7.14. The van der Waals surface area contributed by atoms with Crippen LogP contribution in [0.15, 0.2) is 16.6 Å². The van der Waals surface area contributed by atoms with E-state index < -0.39 is 10.0 Å². The van der Waals surface area contributed by atoms with Crippen LogP contribution >= 0.6 is 15.9 Å². The molecule has 1 aliphatic rings. The second-order valence-electron chi connectivity index (χ2n) is 4.52. The van der Waals surface area contributed by atoms with Crippen LogP contribution in [0.1, 0.15) is 18.4 Å². The SMILES string of the molecule is Cc1cc(Br)c(NS(=O)(=O)CC2CC2)cc1N. The number of rotatable bonds is 4. The van der Waals surface area contributed by atoms with Gasteiger partial charge in [0.1, 0.15) is 0 Å². The molecule has 0 aliphatic heterocycles. The molecule has 0 heterocycles. The summed E-state index contributed by atoms with van der Waals surface area (Å²) in [5, 5.41) is 0. The molecule has 1 aromatic carbocycles. The Labute approximate surface area is 110 Å². The zero-order chi connectivity index (χ0) is 12.6. The zero-order valence-corrected chi connectivity index (χ0v) is 11.9. The number of nitrogens with one attached hydrogen (secondary N) is 1. The maximum atomic E-state index is 11.8. The van der Waals surface area contributed by atoms with Crippen molar-refractivity contribution < 1.29 is 8.42 Å². The number of hydrogen-bond acceptors (Lipinski definition) is 3. The first-order chi connectivity index (χ1) is 7.87. The summed E-state index contributed by atoms with van der Waals surface area (Å²) in [7, 11) is -3.26. The van der Waals surface area contributed by atoms with E-state index in [1.165, 1.54) is 0 Å². The van der Waals surface area contributed by atoms with Gasteiger partial charge in [0.05, 0.1) is 11.4 Å². The molecule has 0 bridgehead atoms. The van der Waals surface area contributed by atoms with Crippen LogP contribution in [-0.4, -0.2) is 14.2 Å². The fourth-order valence-corrected chi connectivity index (χ4v) is 3.80. The van der Waals surface area contributed by atoms with Crippen molar-refractivity contribution in [2.75, 3.05) is 16.2 Å². The van der Waals surface area contributed by atoms with E-state index in [2.05, 4.69) is 20.7 Å². The number of aryl methyl sites for hydroxylation is 1. The van der Waals surface area contributed by atoms with Gasteiger partial charge in [-0.25, -0.2) is 8.42 Å². The average molecular weight is 319 g/mol. The highest BCUT2D eigenvalue weighted by Gasteiger charge is 2.28. The molecule has 1 fully saturated rings. The lowest BCUT2D eigenvalue weighted by Crippen LogP contribution is -2.18. The van der Waals surface area contributed by atoms with Gasteiger partial charge in [0.25, 0.3) is 0 Å². The average Bonchev–Trinajstić information content (AvgIpc) is 2.96. The third-order valence-corrected chi connectivity index (χ3v) is 4.87. The molecule has 0 atom stereocenters. The molecule has 0 unspecified atom stereocenters. The summed E-state index contributed by atoms with van der Waals surface area (Å²) in [5.41, 5.74) is 7.77. The van der Waals surface area contributed by atoms with E-state index in [9.17, 15) is 8.42 Å². The minimum Gasteiger partial charge on any atom is -0.398 e. The van der Waals surface area contributed by atoms with Crippen LogP contribution in [0.3, 0.4) is 0 Å². The van der Waals surface area contributed by atoms with Gasteiger partial charge in [0, 0.05) is 10.2 Å². The lowest BCUT2D eigenvalue weighted by Gasteiger charge is -2.11. The van der Waals surface area contributed by atoms with Crippen LogP contribution < -0.4 is 10.5 Å². The fourth-order valence-electron chi connectivity index (χ4n) is 1.57. The van der Waals surface area contributed by atoms with E-state index in [0.717, 1.165) is 18.4 Å². The van der Waals surface area contributed by atoms with E-state index in [-0.39, 0.29) is 5.75 Å². The molecule has 17 heavy (non-hydrogen) atoms. The molecule has 1 aromatic rings. The molecule has 94 valence electrons. The highest BCUT2D eigenvalue weighted by molar-refractivity contribution is 9.10. The summed E-state index contributed by atoms with van der Waals surface area (Å²) in [6.07, 6.45) is 2.02. The number of anilines is 2. The summed E-state index contributed by atoms with van der Waals surface area (Å²) in [6.45, 7) is 1.88. The van der Waals surface area contributed by atoms with Crippen LogP contribution in [-0.2, 0) is 10.0 Å². The van der Waals surface area contributed by atoms with Gasteiger partial charge in [-0.3, -0.25) is 4.72 Å². The van der Waals surface area contributed by atoms with Gasteiger partial charge < -0.3 is 5.73 Å². The minimum atomic E-state index is -3.26. The first-order valence-electron chi connectivity index (χ1n) is 5.43. The first-order valence-corrected chi connectivity index (χ1v) is 7.88. The van der Waals surface area contributed by atoms with Crippen LogP contribution in [0.2, 0.25) is 0 Å². The highest BCUT2D eigenvalue weighted by Crippen LogP contribution is 2.32. The second kappa shape index (κ2) is 4.49. The van der Waals surface area contributed by atoms with Crippen LogP contribution in [0.5, 0.6) is 0 Å². The molecule has 0 saturated heterocycles. The molecular formula is C11H15BrN2O2S. The summed E-state index contributed by atoms with van der Waals surface area (Å²) in [6, 6.07) is 3.45. The van der Waals surface area contributed by atoms with Gasteiger partial charge in [0.15, 0.2) is 0 Å². The van der Waals surface area contributed by atoms with E-state index in [4.69, 9.17) is 5.73 Å². The number of benzene rings is 1. The van der Waals surface area contributed by atoms with Gasteiger partial charge in [-0.2, -0.15) is 0 Å². The Bertz CT molecular complexity index is 539. The van der Waals surface area contributed by atoms with Crippen molar-refractivity contribution >= 4 is 37.3 Å². The third-order valence-electron chi connectivity index (χ3n) is 2.77. The standard InChI is InChI=1S/C11H15BrN2O2S/c1-7-4-9(12)11(5-10(7)13)14-17(15,16)6-8-2-3-8/h4-5,8,14H,2-3,6,13H2,1H3. The first kappa shape index (κ1) is 12.7. The Hall–Kier alpha value is -0.750. The summed E-state index contributed by atoms with van der Waals surface area (Å²) in [5.74, 6) is 0.529. The molecule has 2 rings (SSSR count). The molecule has 3 N–H and O–H groups in total. The number of sulfonamides is 1. The number of hydrogen-bond donors (Lipinski definition) is 2. The van der Waals surface area contributed by atoms with Crippen molar-refractivity contribution in [1.82, 2.24) is 0 Å². The van der Waals surface area contributed by atoms with Crippen molar-refractivity contribution in [2.24, 2.45) is 5.92 Å². The summed E-state index contributed by atoms with van der Waals surface area (Å²) >= 11 is 3.33. The predicted octanol–water partition coefficient (Wildman–Crippen LogP) is 2.49. The van der Waals surface area contributed by atoms with Crippen molar-refractivity contribution in [3.8, 4) is 0 Å². The van der Waals surface area contributed by atoms with Gasteiger partial charge in [-0.05, 0) is 59.3 Å². The Morgan fingerprint density at radius 2 is 2.12 bits per heavy atom. The lowest BCUT2D eigenvalue weighted by atomic mass is 10.2. The predicted molar refractivity (Wildman–Crippen MR) is 73.4 cm³/mol. The van der Waals surface area contributed by atoms with Gasteiger partial charge in [-0.15, -0.1) is 0 Å². The normalized spacial score (nSPS) is 15.9. The van der Waals surface area contributed by atoms with Gasteiger partial charge in [0.2, 0.25) is 10.0 Å². The van der Waals surface area contributed by atoms with E-state index in [1.807, 2.05) is 13.0 Å². The van der Waals surface area contributed by atoms with Gasteiger partial charge in [-0.1, -0.05) is 0 Å². The molecule has 0 spiro atoms. The fraction of sp³-hybridized carbons (Fsp3) is 0.455. The smallest absolute Gasteiger partial charge is 0.233 e. The summed E-state index contributed by atoms with van der Waals surface area (Å²) in [4.78, 5) is 0. The number of nitrogens with two attached hydrogens (primary N) is 1. The van der Waals surface area contributed by atoms with Crippen molar-refractivity contribution in [2.45, 2.75) is 19.8 Å². The number of nitrogen functional groups attached to an aromatic ring is 1. The maximum Gasteiger partial charge on any atom is 0.233 e. The minimum absolute atomic E-state index is 0.202. The van der Waals surface area contributed by atoms with Crippen molar-refractivity contribution in [3.05, 3.63) is 22.2 Å². The third kappa shape index (κ3) is 3.35. The van der Waals surface area contributed by atoms with Gasteiger partial charge >= 0.3 is 0 Å². The highest BCUT2D eigenvalue weighted by atomic mass is 79.9. The van der Waals surface area contributed by atoms with Crippen molar-refractivity contribution in [3.63, 3.8) is 0 Å². The van der Waals surface area contributed by atoms with Crippen LogP contribution in [0, 0.1) is 12.8 Å². The van der Waals surface area contributed by atoms with E-state index in [0.29, 0.717) is 21.8 Å². The van der Waals surface area contributed by atoms with E-state index in [1.54, 1.807) is 6.07 Å².